The molecule has 0 saturated heterocycles. The Bertz CT molecular complexity index is 636. The highest BCUT2D eigenvalue weighted by Gasteiger charge is 2.18. The molecule has 114 valence electrons. The number of carbonyl (C=O) groups excluding carboxylic acids is 1. The van der Waals surface area contributed by atoms with Crippen LogP contribution in [0.2, 0.25) is 0 Å². The second-order valence-corrected chi connectivity index (χ2v) is 5.78. The van der Waals surface area contributed by atoms with Gasteiger partial charge in [-0.3, -0.25) is 9.78 Å². The number of nitrogens with zero attached hydrogens (tertiary/aromatic N) is 2. The molecule has 1 aliphatic carbocycles. The van der Waals surface area contributed by atoms with Crippen molar-refractivity contribution in [3.63, 3.8) is 0 Å². The lowest BCUT2D eigenvalue weighted by Gasteiger charge is -2.20. The zero-order valence-electron chi connectivity index (χ0n) is 12.8. The van der Waals surface area contributed by atoms with E-state index in [1.54, 1.807) is 12.4 Å². The fraction of sp³-hybridized carbons (Fsp3) is 0.333. The van der Waals surface area contributed by atoms with Crippen LogP contribution in [0.15, 0.2) is 48.8 Å². The average molecular weight is 295 g/mol. The first kappa shape index (κ1) is 14.6. The van der Waals surface area contributed by atoms with Gasteiger partial charge in [-0.25, -0.2) is 0 Å². The molecule has 0 spiro atoms. The lowest BCUT2D eigenvalue weighted by molar-refractivity contribution is 0.0937. The van der Waals surface area contributed by atoms with Gasteiger partial charge >= 0.3 is 0 Å². The molecule has 0 atom stereocenters. The molecule has 1 aliphatic rings. The zero-order valence-corrected chi connectivity index (χ0v) is 12.8. The molecular formula is C18H21N3O. The highest BCUT2D eigenvalue weighted by Crippen LogP contribution is 2.23. The van der Waals surface area contributed by atoms with Crippen molar-refractivity contribution in [1.29, 1.82) is 0 Å². The number of nitrogens with one attached hydrogen (secondary N) is 1. The highest BCUT2D eigenvalue weighted by atomic mass is 16.1. The van der Waals surface area contributed by atoms with Gasteiger partial charge in [0.1, 0.15) is 0 Å². The van der Waals surface area contributed by atoms with Gasteiger partial charge in [-0.1, -0.05) is 31.0 Å². The summed E-state index contributed by atoms with van der Waals surface area (Å²) in [7, 11) is 1.98. The van der Waals surface area contributed by atoms with Crippen molar-refractivity contribution in [3.05, 3.63) is 54.4 Å². The van der Waals surface area contributed by atoms with Gasteiger partial charge in [0, 0.05) is 25.0 Å². The molecule has 4 heteroatoms. The van der Waals surface area contributed by atoms with E-state index in [0.717, 1.165) is 24.2 Å². The van der Waals surface area contributed by atoms with Crippen LogP contribution in [0.4, 0.5) is 11.4 Å². The Morgan fingerprint density at radius 1 is 1.14 bits per heavy atom. The van der Waals surface area contributed by atoms with Gasteiger partial charge in [0.2, 0.25) is 0 Å². The molecule has 1 saturated carbocycles. The molecule has 0 radical (unpaired) electrons. The van der Waals surface area contributed by atoms with Crippen molar-refractivity contribution in [2.45, 2.75) is 31.7 Å². The van der Waals surface area contributed by atoms with E-state index in [9.17, 15) is 4.79 Å². The average Bonchev–Trinajstić information content (AvgIpc) is 3.08. The molecule has 1 aromatic carbocycles. The van der Waals surface area contributed by atoms with E-state index < -0.39 is 0 Å². The second kappa shape index (κ2) is 6.60. The summed E-state index contributed by atoms with van der Waals surface area (Å²) in [4.78, 5) is 18.6. The van der Waals surface area contributed by atoms with Crippen molar-refractivity contribution in [2.24, 2.45) is 0 Å². The smallest absolute Gasteiger partial charge is 0.253 e. The number of carbonyl (C=O) groups is 1. The van der Waals surface area contributed by atoms with E-state index in [-0.39, 0.29) is 5.91 Å². The molecule has 2 aromatic rings. The monoisotopic (exact) mass is 295 g/mol. The van der Waals surface area contributed by atoms with Crippen LogP contribution >= 0.6 is 0 Å². The van der Waals surface area contributed by atoms with Crippen LogP contribution in [-0.4, -0.2) is 24.0 Å². The van der Waals surface area contributed by atoms with Crippen LogP contribution in [0.1, 0.15) is 36.0 Å². The summed E-state index contributed by atoms with van der Waals surface area (Å²) in [5.74, 6) is -0.0253. The first-order valence-electron chi connectivity index (χ1n) is 7.79. The van der Waals surface area contributed by atoms with E-state index >= 15 is 0 Å². The van der Waals surface area contributed by atoms with Gasteiger partial charge in [-0.05, 0) is 31.0 Å². The molecule has 1 amide bonds. The molecule has 3 rings (SSSR count). The quantitative estimate of drug-likeness (QED) is 0.938. The molecule has 0 unspecified atom stereocenters. The van der Waals surface area contributed by atoms with Gasteiger partial charge in [0.05, 0.1) is 17.4 Å². The normalized spacial score (nSPS) is 14.8. The lowest BCUT2D eigenvalue weighted by atomic mass is 10.2. The van der Waals surface area contributed by atoms with Crippen LogP contribution in [0, 0.1) is 0 Å². The zero-order chi connectivity index (χ0) is 15.4. The van der Waals surface area contributed by atoms with Gasteiger partial charge in [-0.15, -0.1) is 0 Å². The number of hydrogen-bond acceptors (Lipinski definition) is 3. The lowest BCUT2D eigenvalue weighted by Crippen LogP contribution is -2.32. The van der Waals surface area contributed by atoms with E-state index in [0.29, 0.717) is 11.6 Å². The van der Waals surface area contributed by atoms with Crippen molar-refractivity contribution < 1.29 is 4.79 Å². The SMILES string of the molecule is CN(c1ccccc1)c1cncc(C(=O)NC2CCCC2)c1. The fourth-order valence-corrected chi connectivity index (χ4v) is 2.87. The van der Waals surface area contributed by atoms with Crippen molar-refractivity contribution in [2.75, 3.05) is 11.9 Å². The Morgan fingerprint density at radius 2 is 1.86 bits per heavy atom. The van der Waals surface area contributed by atoms with Gasteiger partial charge in [0.15, 0.2) is 0 Å². The number of anilines is 2. The maximum Gasteiger partial charge on any atom is 0.253 e. The van der Waals surface area contributed by atoms with Crippen LogP contribution in [-0.2, 0) is 0 Å². The summed E-state index contributed by atoms with van der Waals surface area (Å²) in [5.41, 5.74) is 2.59. The first-order valence-corrected chi connectivity index (χ1v) is 7.79. The van der Waals surface area contributed by atoms with Gasteiger partial charge in [-0.2, -0.15) is 0 Å². The predicted molar refractivity (Wildman–Crippen MR) is 88.5 cm³/mol. The molecule has 1 fully saturated rings. The molecule has 1 heterocycles. The largest absolute Gasteiger partial charge is 0.349 e. The van der Waals surface area contributed by atoms with E-state index in [1.165, 1.54) is 12.8 Å². The third kappa shape index (κ3) is 3.27. The number of hydrogen-bond donors (Lipinski definition) is 1. The number of amides is 1. The summed E-state index contributed by atoms with van der Waals surface area (Å²) < 4.78 is 0. The van der Waals surface area contributed by atoms with Crippen LogP contribution < -0.4 is 10.2 Å². The minimum atomic E-state index is -0.0253. The molecule has 22 heavy (non-hydrogen) atoms. The Morgan fingerprint density at radius 3 is 2.59 bits per heavy atom. The Kier molecular flexibility index (Phi) is 4.37. The fourth-order valence-electron chi connectivity index (χ4n) is 2.87. The Hall–Kier alpha value is -2.36. The maximum absolute atomic E-state index is 12.3. The van der Waals surface area contributed by atoms with E-state index in [2.05, 4.69) is 10.3 Å². The summed E-state index contributed by atoms with van der Waals surface area (Å²) in [6, 6.07) is 12.3. The molecule has 4 nitrogen and oxygen atoms in total. The molecular weight excluding hydrogens is 274 g/mol. The third-order valence-corrected chi connectivity index (χ3v) is 4.21. The maximum atomic E-state index is 12.3. The predicted octanol–water partition coefficient (Wildman–Crippen LogP) is 3.52. The molecule has 0 aliphatic heterocycles. The van der Waals surface area contributed by atoms with Crippen LogP contribution in [0.3, 0.4) is 0 Å². The van der Waals surface area contributed by atoms with E-state index in [1.807, 2.05) is 48.3 Å². The van der Waals surface area contributed by atoms with Crippen molar-refractivity contribution in [3.8, 4) is 0 Å². The second-order valence-electron chi connectivity index (χ2n) is 5.78. The highest BCUT2D eigenvalue weighted by molar-refractivity contribution is 5.95. The first-order chi connectivity index (χ1) is 10.7. The number of pyridine rings is 1. The summed E-state index contributed by atoms with van der Waals surface area (Å²) in [6.45, 7) is 0. The number of benzene rings is 1. The van der Waals surface area contributed by atoms with Gasteiger partial charge in [0.25, 0.3) is 5.91 Å². The van der Waals surface area contributed by atoms with Crippen LogP contribution in [0.5, 0.6) is 0 Å². The summed E-state index contributed by atoms with van der Waals surface area (Å²) >= 11 is 0. The minimum absolute atomic E-state index is 0.0253. The third-order valence-electron chi connectivity index (χ3n) is 4.21. The van der Waals surface area contributed by atoms with E-state index in [4.69, 9.17) is 0 Å². The Labute approximate surface area is 131 Å². The van der Waals surface area contributed by atoms with Crippen molar-refractivity contribution >= 4 is 17.3 Å². The van der Waals surface area contributed by atoms with Crippen LogP contribution in [0.25, 0.3) is 0 Å². The standard InChI is InChI=1S/C18H21N3O/c1-21(16-9-3-2-4-10-16)17-11-14(12-19-13-17)18(22)20-15-7-5-6-8-15/h2-4,9-13,15H,5-8H2,1H3,(H,20,22). The number of rotatable bonds is 4. The van der Waals surface area contributed by atoms with Crippen molar-refractivity contribution in [1.82, 2.24) is 10.3 Å². The molecule has 1 aromatic heterocycles. The number of para-hydroxylation sites is 1. The molecule has 1 N–H and O–H groups in total. The summed E-state index contributed by atoms with van der Waals surface area (Å²) in [5, 5.41) is 3.10. The topological polar surface area (TPSA) is 45.2 Å². The van der Waals surface area contributed by atoms with Gasteiger partial charge < -0.3 is 10.2 Å². The Balaban J connectivity index is 1.75. The number of aromatic nitrogens is 1. The molecule has 0 bridgehead atoms. The minimum Gasteiger partial charge on any atom is -0.349 e. The summed E-state index contributed by atoms with van der Waals surface area (Å²) in [6.07, 6.45) is 8.00.